The van der Waals surface area contributed by atoms with E-state index in [-0.39, 0.29) is 0 Å². The van der Waals surface area contributed by atoms with E-state index in [1.54, 1.807) is 0 Å². The normalized spacial score (nSPS) is 10.9. The van der Waals surface area contributed by atoms with Crippen LogP contribution in [0.4, 0.5) is 0 Å². The molecule has 0 bridgehead atoms. The molecule has 0 saturated heterocycles. The Morgan fingerprint density at radius 2 is 2.20 bits per heavy atom. The second-order valence-corrected chi connectivity index (χ2v) is 3.60. The topological polar surface area (TPSA) is 53.9 Å². The van der Waals surface area contributed by atoms with Gasteiger partial charge in [0.2, 0.25) is 0 Å². The molecule has 2 rings (SSSR count). The van der Waals surface area contributed by atoms with Crippen molar-refractivity contribution in [3.05, 3.63) is 29.4 Å². The molecule has 0 amide bonds. The summed E-state index contributed by atoms with van der Waals surface area (Å²) in [4.78, 5) is 7.69. The van der Waals surface area contributed by atoms with E-state index in [9.17, 15) is 0 Å². The van der Waals surface area contributed by atoms with Crippen molar-refractivity contribution in [1.82, 2.24) is 15.3 Å². The highest BCUT2D eigenvalue weighted by molar-refractivity contribution is 5.55. The van der Waals surface area contributed by atoms with Crippen LogP contribution in [-0.4, -0.2) is 17.0 Å². The van der Waals surface area contributed by atoms with Crippen LogP contribution in [0.2, 0.25) is 0 Å². The summed E-state index contributed by atoms with van der Waals surface area (Å²) in [6.45, 7) is 4.67. The molecule has 2 N–H and O–H groups in total. The molecule has 0 radical (unpaired) electrons. The Hall–Kier alpha value is -1.55. The Balaban J connectivity index is 2.35. The van der Waals surface area contributed by atoms with Gasteiger partial charge < -0.3 is 14.7 Å². The molecule has 0 aliphatic carbocycles. The number of hydrogen-bond donors (Lipinski definition) is 2. The average molecular weight is 205 g/mol. The maximum absolute atomic E-state index is 5.54. The maximum Gasteiger partial charge on any atom is 0.154 e. The van der Waals surface area contributed by atoms with Crippen molar-refractivity contribution >= 4 is 0 Å². The largest absolute Gasteiger partial charge is 0.460 e. The van der Waals surface area contributed by atoms with Gasteiger partial charge in [0.25, 0.3) is 0 Å². The van der Waals surface area contributed by atoms with E-state index in [1.807, 2.05) is 33.0 Å². The van der Waals surface area contributed by atoms with E-state index < -0.39 is 0 Å². The Morgan fingerprint density at radius 3 is 2.80 bits per heavy atom. The van der Waals surface area contributed by atoms with Crippen molar-refractivity contribution in [2.45, 2.75) is 20.4 Å². The highest BCUT2D eigenvalue weighted by Crippen LogP contribution is 2.23. The lowest BCUT2D eigenvalue weighted by Gasteiger charge is -1.91. The summed E-state index contributed by atoms with van der Waals surface area (Å²) in [6.07, 6.45) is 0. The minimum absolute atomic E-state index is 0.737. The van der Waals surface area contributed by atoms with Crippen molar-refractivity contribution in [2.75, 3.05) is 7.05 Å². The molecule has 0 atom stereocenters. The van der Waals surface area contributed by atoms with Crippen LogP contribution in [0.5, 0.6) is 0 Å². The van der Waals surface area contributed by atoms with Crippen molar-refractivity contribution in [3.8, 4) is 11.5 Å². The standard InChI is InChI=1S/C11H15N3O/c1-7-4-5-9(15-7)11-8(2)13-10(14-11)6-12-3/h4-5,12H,6H2,1-3H3,(H,13,14). The third kappa shape index (κ3) is 1.94. The van der Waals surface area contributed by atoms with Crippen LogP contribution in [0.1, 0.15) is 17.3 Å². The van der Waals surface area contributed by atoms with Gasteiger partial charge in [-0.1, -0.05) is 0 Å². The number of furan rings is 1. The molecule has 2 aromatic heterocycles. The Kier molecular flexibility index (Phi) is 2.60. The van der Waals surface area contributed by atoms with Crippen LogP contribution in [-0.2, 0) is 6.54 Å². The summed E-state index contributed by atoms with van der Waals surface area (Å²) < 4.78 is 5.54. The van der Waals surface area contributed by atoms with Gasteiger partial charge in [0, 0.05) is 5.69 Å². The van der Waals surface area contributed by atoms with Crippen molar-refractivity contribution in [2.24, 2.45) is 0 Å². The van der Waals surface area contributed by atoms with E-state index in [0.717, 1.165) is 35.3 Å². The molecular formula is C11H15N3O. The van der Waals surface area contributed by atoms with Gasteiger partial charge in [-0.05, 0) is 33.0 Å². The first-order chi connectivity index (χ1) is 7.20. The number of imidazole rings is 1. The Labute approximate surface area is 88.7 Å². The molecule has 4 heteroatoms. The fourth-order valence-electron chi connectivity index (χ4n) is 1.58. The van der Waals surface area contributed by atoms with E-state index in [1.165, 1.54) is 0 Å². The summed E-state index contributed by atoms with van der Waals surface area (Å²) in [5.41, 5.74) is 1.93. The molecule has 0 spiro atoms. The lowest BCUT2D eigenvalue weighted by atomic mass is 10.3. The van der Waals surface area contributed by atoms with Crippen LogP contribution < -0.4 is 5.32 Å². The first-order valence-electron chi connectivity index (χ1n) is 4.97. The van der Waals surface area contributed by atoms with Gasteiger partial charge in [0.05, 0.1) is 6.54 Å². The van der Waals surface area contributed by atoms with Gasteiger partial charge in [0.1, 0.15) is 17.3 Å². The zero-order valence-electron chi connectivity index (χ0n) is 9.22. The predicted molar refractivity (Wildman–Crippen MR) is 58.5 cm³/mol. The number of aromatic nitrogens is 2. The van der Waals surface area contributed by atoms with Gasteiger partial charge in [-0.3, -0.25) is 0 Å². The molecule has 0 saturated carbocycles. The number of H-pyrrole nitrogens is 1. The number of rotatable bonds is 3. The monoisotopic (exact) mass is 205 g/mol. The fourth-order valence-corrected chi connectivity index (χ4v) is 1.58. The third-order valence-corrected chi connectivity index (χ3v) is 2.25. The summed E-state index contributed by atoms with van der Waals surface area (Å²) in [6, 6.07) is 3.89. The zero-order chi connectivity index (χ0) is 10.8. The highest BCUT2D eigenvalue weighted by Gasteiger charge is 2.11. The molecule has 4 nitrogen and oxygen atoms in total. The molecule has 0 aromatic carbocycles. The quantitative estimate of drug-likeness (QED) is 0.805. The molecule has 0 aliphatic heterocycles. The number of nitrogens with one attached hydrogen (secondary N) is 2. The minimum Gasteiger partial charge on any atom is -0.460 e. The molecule has 0 aliphatic rings. The molecular weight excluding hydrogens is 190 g/mol. The van der Waals surface area contributed by atoms with E-state index in [2.05, 4.69) is 15.3 Å². The number of aryl methyl sites for hydroxylation is 2. The Morgan fingerprint density at radius 1 is 1.40 bits per heavy atom. The van der Waals surface area contributed by atoms with Gasteiger partial charge in [-0.25, -0.2) is 4.98 Å². The summed E-state index contributed by atoms with van der Waals surface area (Å²) >= 11 is 0. The van der Waals surface area contributed by atoms with Crippen LogP contribution in [0, 0.1) is 13.8 Å². The average Bonchev–Trinajstić information content (AvgIpc) is 2.73. The van der Waals surface area contributed by atoms with Gasteiger partial charge in [0.15, 0.2) is 5.76 Å². The maximum atomic E-state index is 5.54. The van der Waals surface area contributed by atoms with Crippen molar-refractivity contribution in [1.29, 1.82) is 0 Å². The summed E-state index contributed by atoms with van der Waals surface area (Å²) in [7, 11) is 1.90. The van der Waals surface area contributed by atoms with Crippen LogP contribution in [0.25, 0.3) is 11.5 Å². The lowest BCUT2D eigenvalue weighted by molar-refractivity contribution is 0.546. The molecule has 2 heterocycles. The van der Waals surface area contributed by atoms with Gasteiger partial charge >= 0.3 is 0 Å². The first-order valence-corrected chi connectivity index (χ1v) is 4.97. The SMILES string of the molecule is CNCc1nc(-c2ccc(C)o2)c(C)[nH]1. The highest BCUT2D eigenvalue weighted by atomic mass is 16.3. The number of nitrogens with zero attached hydrogens (tertiary/aromatic N) is 1. The summed E-state index contributed by atoms with van der Waals surface area (Å²) in [5.74, 6) is 2.66. The molecule has 15 heavy (non-hydrogen) atoms. The van der Waals surface area contributed by atoms with Gasteiger partial charge in [-0.2, -0.15) is 0 Å². The smallest absolute Gasteiger partial charge is 0.154 e. The van der Waals surface area contributed by atoms with Crippen molar-refractivity contribution < 1.29 is 4.42 Å². The van der Waals surface area contributed by atoms with E-state index in [4.69, 9.17) is 4.42 Å². The lowest BCUT2D eigenvalue weighted by Crippen LogP contribution is -2.06. The van der Waals surface area contributed by atoms with E-state index >= 15 is 0 Å². The van der Waals surface area contributed by atoms with Crippen molar-refractivity contribution in [3.63, 3.8) is 0 Å². The third-order valence-electron chi connectivity index (χ3n) is 2.25. The fraction of sp³-hybridized carbons (Fsp3) is 0.364. The van der Waals surface area contributed by atoms with Crippen LogP contribution >= 0.6 is 0 Å². The summed E-state index contributed by atoms with van der Waals surface area (Å²) in [5, 5.41) is 3.06. The van der Waals surface area contributed by atoms with Gasteiger partial charge in [-0.15, -0.1) is 0 Å². The van der Waals surface area contributed by atoms with Crippen LogP contribution in [0.15, 0.2) is 16.5 Å². The second kappa shape index (κ2) is 3.90. The molecule has 80 valence electrons. The predicted octanol–water partition coefficient (Wildman–Crippen LogP) is 2.01. The molecule has 0 fully saturated rings. The minimum atomic E-state index is 0.737. The second-order valence-electron chi connectivity index (χ2n) is 3.60. The molecule has 0 unspecified atom stereocenters. The number of aromatic amines is 1. The molecule has 2 aromatic rings. The van der Waals surface area contributed by atoms with Crippen LogP contribution in [0.3, 0.4) is 0 Å². The zero-order valence-corrected chi connectivity index (χ0v) is 9.22. The van der Waals surface area contributed by atoms with E-state index in [0.29, 0.717) is 0 Å². The number of hydrogen-bond acceptors (Lipinski definition) is 3. The first kappa shape index (κ1) is 9.98. The Bertz CT molecular complexity index is 456.